The number of rotatable bonds is 4. The maximum absolute atomic E-state index is 14.3. The molecule has 1 fully saturated rings. The highest BCUT2D eigenvalue weighted by molar-refractivity contribution is 6.31. The van der Waals surface area contributed by atoms with Crippen LogP contribution in [0.1, 0.15) is 18.1 Å². The van der Waals surface area contributed by atoms with Crippen molar-refractivity contribution in [3.05, 3.63) is 130 Å². The molecule has 1 N–H and O–H groups in total. The van der Waals surface area contributed by atoms with E-state index in [2.05, 4.69) is 0 Å². The van der Waals surface area contributed by atoms with Gasteiger partial charge in [0.2, 0.25) is 5.72 Å². The Morgan fingerprint density at radius 3 is 1.50 bits per heavy atom. The topological polar surface area (TPSA) is 43.8 Å². The second kappa shape index (κ2) is 8.48. The van der Waals surface area contributed by atoms with Crippen molar-refractivity contribution in [2.45, 2.75) is 18.2 Å². The Morgan fingerprint density at radius 1 is 0.618 bits per heavy atom. The molecule has 4 aromatic carbocycles. The number of hydrogen-bond donors (Lipinski definition) is 1. The molecule has 1 aliphatic heterocycles. The molecule has 0 radical (unpaired) electrons. The summed E-state index contributed by atoms with van der Waals surface area (Å²) in [6.07, 6.45) is 0. The van der Waals surface area contributed by atoms with Crippen LogP contribution in [0.25, 0.3) is 0 Å². The van der Waals surface area contributed by atoms with Gasteiger partial charge >= 0.3 is 6.03 Å². The zero-order chi connectivity index (χ0) is 23.9. The van der Waals surface area contributed by atoms with Gasteiger partial charge in [-0.05, 0) is 61.0 Å². The van der Waals surface area contributed by atoms with Crippen molar-refractivity contribution in [2.24, 2.45) is 0 Å². The predicted molar refractivity (Wildman–Crippen MR) is 137 cm³/mol. The fourth-order valence-corrected chi connectivity index (χ4v) is 5.08. The zero-order valence-corrected chi connectivity index (χ0v) is 19.9. The first kappa shape index (κ1) is 22.5. The van der Waals surface area contributed by atoms with Gasteiger partial charge in [-0.15, -0.1) is 0 Å². The van der Waals surface area contributed by atoms with Crippen LogP contribution in [0.15, 0.2) is 109 Å². The van der Waals surface area contributed by atoms with Crippen LogP contribution in [-0.2, 0) is 11.3 Å². The molecule has 1 heterocycles. The Kier molecular flexibility index (Phi) is 5.61. The largest absolute Gasteiger partial charge is 0.364 e. The molecule has 2 amide bonds. The highest BCUT2D eigenvalue weighted by Gasteiger charge is 2.67. The summed E-state index contributed by atoms with van der Waals surface area (Å²) >= 11 is 12.3. The Balaban J connectivity index is 1.85. The smallest absolute Gasteiger partial charge is 0.332 e. The van der Waals surface area contributed by atoms with Crippen LogP contribution < -0.4 is 9.80 Å². The van der Waals surface area contributed by atoms with E-state index in [1.54, 1.807) is 53.4 Å². The number of carbonyl (C=O) groups is 1. The number of urea groups is 1. The molecule has 0 saturated carbocycles. The lowest BCUT2D eigenvalue weighted by atomic mass is 9.76. The fraction of sp³-hybridized carbons (Fsp3) is 0.107. The molecule has 4 aromatic rings. The molecule has 6 heteroatoms. The summed E-state index contributed by atoms with van der Waals surface area (Å²) in [5.74, 6) is 0. The lowest BCUT2D eigenvalue weighted by Crippen LogP contribution is -2.56. The molecule has 1 aliphatic rings. The van der Waals surface area contributed by atoms with Gasteiger partial charge in [0, 0.05) is 27.0 Å². The lowest BCUT2D eigenvalue weighted by molar-refractivity contribution is -0.0125. The van der Waals surface area contributed by atoms with E-state index < -0.39 is 11.3 Å². The number of anilines is 2. The van der Waals surface area contributed by atoms with E-state index in [4.69, 9.17) is 23.2 Å². The molecule has 0 aromatic heterocycles. The average Bonchev–Trinajstić information content (AvgIpc) is 3.05. The molecule has 1 saturated heterocycles. The van der Waals surface area contributed by atoms with Crippen molar-refractivity contribution in [1.82, 2.24) is 0 Å². The standard InChI is InChI=1S/C28H22Cl2N2O2/c1-27(20-8-4-2-5-9-20)28(34,21-10-6-3-7-11-21)32(25-18-14-23(30)15-19-25)26(33)31(27)24-16-12-22(29)13-17-24/h2-19,34H,1H3/t27-,28+/m0/s1. The monoisotopic (exact) mass is 488 g/mol. The van der Waals surface area contributed by atoms with Crippen LogP contribution in [-0.4, -0.2) is 11.1 Å². The normalized spacial score (nSPS) is 22.3. The van der Waals surface area contributed by atoms with E-state index in [0.29, 0.717) is 27.0 Å². The fourth-order valence-electron chi connectivity index (χ4n) is 4.82. The van der Waals surface area contributed by atoms with E-state index in [0.717, 1.165) is 5.56 Å². The number of aliphatic hydroxyl groups is 1. The Labute approximate surface area is 208 Å². The van der Waals surface area contributed by atoms with Gasteiger partial charge in [-0.3, -0.25) is 9.80 Å². The molecule has 5 rings (SSSR count). The Morgan fingerprint density at radius 2 is 1.03 bits per heavy atom. The van der Waals surface area contributed by atoms with Gasteiger partial charge in [0.25, 0.3) is 0 Å². The van der Waals surface area contributed by atoms with Crippen LogP contribution in [0, 0.1) is 0 Å². The third-order valence-electron chi connectivity index (χ3n) is 6.51. The average molecular weight is 489 g/mol. The minimum atomic E-state index is -1.76. The third kappa shape index (κ3) is 3.30. The van der Waals surface area contributed by atoms with E-state index in [-0.39, 0.29) is 6.03 Å². The molecule has 4 nitrogen and oxygen atoms in total. The van der Waals surface area contributed by atoms with Crippen molar-refractivity contribution in [3.8, 4) is 0 Å². The van der Waals surface area contributed by atoms with Crippen molar-refractivity contribution in [2.75, 3.05) is 9.80 Å². The summed E-state index contributed by atoms with van der Waals surface area (Å²) in [6, 6.07) is 32.4. The van der Waals surface area contributed by atoms with Gasteiger partial charge in [0.15, 0.2) is 0 Å². The number of carbonyl (C=O) groups excluding carboxylic acids is 1. The Bertz CT molecular complexity index is 1210. The summed E-state index contributed by atoms with van der Waals surface area (Å²) in [7, 11) is 0. The van der Waals surface area contributed by atoms with Crippen molar-refractivity contribution in [3.63, 3.8) is 0 Å². The number of nitrogens with zero attached hydrogens (tertiary/aromatic N) is 2. The van der Waals surface area contributed by atoms with Gasteiger partial charge in [-0.2, -0.15) is 0 Å². The molecular weight excluding hydrogens is 467 g/mol. The highest BCUT2D eigenvalue weighted by atomic mass is 35.5. The molecule has 0 spiro atoms. The summed E-state index contributed by atoms with van der Waals surface area (Å²) < 4.78 is 0. The molecule has 170 valence electrons. The molecule has 2 atom stereocenters. The number of hydrogen-bond acceptors (Lipinski definition) is 2. The highest BCUT2D eigenvalue weighted by Crippen LogP contribution is 2.55. The lowest BCUT2D eigenvalue weighted by Gasteiger charge is -2.45. The van der Waals surface area contributed by atoms with Crippen LogP contribution in [0.3, 0.4) is 0 Å². The first-order valence-corrected chi connectivity index (χ1v) is 11.6. The van der Waals surface area contributed by atoms with Crippen molar-refractivity contribution in [1.29, 1.82) is 0 Å². The van der Waals surface area contributed by atoms with E-state index in [1.807, 2.05) is 67.6 Å². The van der Waals surface area contributed by atoms with Crippen molar-refractivity contribution >= 4 is 40.6 Å². The van der Waals surface area contributed by atoms with Crippen molar-refractivity contribution < 1.29 is 9.90 Å². The first-order valence-electron chi connectivity index (χ1n) is 10.9. The maximum atomic E-state index is 14.3. The number of benzene rings is 4. The van der Waals surface area contributed by atoms with Gasteiger partial charge < -0.3 is 5.11 Å². The van der Waals surface area contributed by atoms with E-state index in [9.17, 15) is 9.90 Å². The zero-order valence-electron chi connectivity index (χ0n) is 18.4. The maximum Gasteiger partial charge on any atom is 0.332 e. The Hall–Kier alpha value is -3.31. The quantitative estimate of drug-likeness (QED) is 0.330. The molecule has 34 heavy (non-hydrogen) atoms. The van der Waals surface area contributed by atoms with Crippen LogP contribution in [0.5, 0.6) is 0 Å². The minimum absolute atomic E-state index is 0.373. The summed E-state index contributed by atoms with van der Waals surface area (Å²) in [4.78, 5) is 17.4. The molecular formula is C28H22Cl2N2O2. The summed E-state index contributed by atoms with van der Waals surface area (Å²) in [6.45, 7) is 1.89. The molecule has 0 unspecified atom stereocenters. The number of halogens is 2. The molecule has 0 bridgehead atoms. The van der Waals surface area contributed by atoms with Crippen LogP contribution >= 0.6 is 23.2 Å². The van der Waals surface area contributed by atoms with Gasteiger partial charge in [-0.1, -0.05) is 83.9 Å². The van der Waals surface area contributed by atoms with Gasteiger partial charge in [0.1, 0.15) is 5.54 Å². The molecule has 0 aliphatic carbocycles. The summed E-state index contributed by atoms with van der Waals surface area (Å²) in [5, 5.41) is 13.9. The number of amides is 2. The third-order valence-corrected chi connectivity index (χ3v) is 7.02. The van der Waals surface area contributed by atoms with E-state index >= 15 is 0 Å². The second-order valence-electron chi connectivity index (χ2n) is 8.38. The van der Waals surface area contributed by atoms with Crippen LogP contribution in [0.4, 0.5) is 16.2 Å². The van der Waals surface area contributed by atoms with Crippen LogP contribution in [0.2, 0.25) is 10.0 Å². The van der Waals surface area contributed by atoms with Gasteiger partial charge in [0.05, 0.1) is 0 Å². The first-order chi connectivity index (χ1) is 16.4. The second-order valence-corrected chi connectivity index (χ2v) is 9.26. The summed E-state index contributed by atoms with van der Waals surface area (Å²) in [5.41, 5.74) is -0.464. The predicted octanol–water partition coefficient (Wildman–Crippen LogP) is 7.20. The van der Waals surface area contributed by atoms with Gasteiger partial charge in [-0.25, -0.2) is 4.79 Å². The SMILES string of the molecule is C[C@@]1(c2ccccc2)N(c2ccc(Cl)cc2)C(=O)N(c2ccc(Cl)cc2)[C@@]1(O)c1ccccc1. The van der Waals surface area contributed by atoms with E-state index in [1.165, 1.54) is 4.90 Å². The minimum Gasteiger partial charge on any atom is -0.364 e.